The fourth-order valence-corrected chi connectivity index (χ4v) is 6.53. The van der Waals surface area contributed by atoms with Gasteiger partial charge in [0.1, 0.15) is 18.1 Å². The number of aliphatic hydroxyl groups excluding tert-OH is 1. The van der Waals surface area contributed by atoms with Crippen molar-refractivity contribution in [2.45, 2.75) is 57.7 Å². The molecule has 4 atom stereocenters. The number of nitrogens with zero attached hydrogens (tertiary/aromatic N) is 1. The van der Waals surface area contributed by atoms with Crippen LogP contribution in [0.25, 0.3) is 6.08 Å². The quantitative estimate of drug-likeness (QED) is 0.193. The first-order chi connectivity index (χ1) is 20.8. The van der Waals surface area contributed by atoms with E-state index in [4.69, 9.17) is 13.9 Å². The zero-order chi connectivity index (χ0) is 32.0. The summed E-state index contributed by atoms with van der Waals surface area (Å²) >= 11 is 0. The molecule has 0 radical (unpaired) electrons. The minimum atomic E-state index is -5.13. The first-order valence-electron chi connectivity index (χ1n) is 14.1. The third-order valence-corrected chi connectivity index (χ3v) is 8.52. The van der Waals surface area contributed by atoms with Crippen molar-refractivity contribution in [2.24, 2.45) is 17.8 Å². The second-order valence-electron chi connectivity index (χ2n) is 11.2. The molecule has 0 spiro atoms. The average Bonchev–Trinajstić information content (AvgIpc) is 3.66. The summed E-state index contributed by atoms with van der Waals surface area (Å²) in [6.45, 7) is 1.96. The number of imide groups is 1. The van der Waals surface area contributed by atoms with E-state index in [9.17, 15) is 41.0 Å². The van der Waals surface area contributed by atoms with Crippen LogP contribution in [-0.2, 0) is 38.0 Å². The second kappa shape index (κ2) is 12.2. The van der Waals surface area contributed by atoms with Gasteiger partial charge in [-0.3, -0.25) is 9.59 Å². The number of furan rings is 1. The minimum Gasteiger partial charge on any atom is -0.459 e. The first kappa shape index (κ1) is 32.0. The molecule has 2 fully saturated rings. The molecule has 0 bridgehead atoms. The van der Waals surface area contributed by atoms with E-state index in [-0.39, 0.29) is 32.3 Å². The molecule has 5 rings (SSSR count). The highest BCUT2D eigenvalue weighted by Crippen LogP contribution is 2.51. The molecular weight excluding hydrogens is 596 g/mol. The molecule has 1 aliphatic carbocycles. The van der Waals surface area contributed by atoms with E-state index in [1.165, 1.54) is 7.11 Å². The van der Waals surface area contributed by atoms with Crippen LogP contribution in [0.5, 0.6) is 0 Å². The second-order valence-corrected chi connectivity index (χ2v) is 11.2. The van der Waals surface area contributed by atoms with Gasteiger partial charge in [-0.05, 0) is 73.2 Å². The van der Waals surface area contributed by atoms with Crippen LogP contribution in [0.1, 0.15) is 55.3 Å². The van der Waals surface area contributed by atoms with Crippen LogP contribution in [0.4, 0.5) is 32.0 Å². The fourth-order valence-electron chi connectivity index (χ4n) is 6.53. The number of methoxy groups -OCH3 is 1. The largest absolute Gasteiger partial charge is 0.459 e. The summed E-state index contributed by atoms with van der Waals surface area (Å²) in [5, 5.41) is 9.25. The van der Waals surface area contributed by atoms with E-state index in [1.54, 1.807) is 12.1 Å². The van der Waals surface area contributed by atoms with E-state index in [1.807, 2.05) is 13.0 Å². The van der Waals surface area contributed by atoms with Crippen LogP contribution in [0.2, 0.25) is 0 Å². The number of amides is 2. The molecule has 2 amide bonds. The van der Waals surface area contributed by atoms with Gasteiger partial charge in [-0.1, -0.05) is 12.5 Å². The van der Waals surface area contributed by atoms with Crippen LogP contribution in [0, 0.1) is 17.8 Å². The number of benzene rings is 1. The number of hydrogen-bond donors (Lipinski definition) is 1. The van der Waals surface area contributed by atoms with Crippen LogP contribution in [-0.4, -0.2) is 43.3 Å². The molecule has 0 saturated carbocycles. The van der Waals surface area contributed by atoms with Crippen molar-refractivity contribution in [1.29, 1.82) is 0 Å². The van der Waals surface area contributed by atoms with Gasteiger partial charge in [-0.25, -0.2) is 4.90 Å². The van der Waals surface area contributed by atoms with Gasteiger partial charge in [0, 0.05) is 13.0 Å². The van der Waals surface area contributed by atoms with Crippen molar-refractivity contribution in [3.05, 3.63) is 69.7 Å². The first-order valence-corrected chi connectivity index (χ1v) is 14.1. The molecule has 1 aromatic carbocycles. The lowest BCUT2D eigenvalue weighted by Gasteiger charge is -2.31. The summed E-state index contributed by atoms with van der Waals surface area (Å²) in [5.41, 5.74) is -1.40. The molecule has 2 aromatic rings. The highest BCUT2D eigenvalue weighted by Gasteiger charge is 2.57. The highest BCUT2D eigenvalue weighted by molar-refractivity contribution is 6.22. The number of anilines is 1. The lowest BCUT2D eigenvalue weighted by atomic mass is 9.69. The van der Waals surface area contributed by atoms with Crippen LogP contribution >= 0.6 is 0 Å². The summed E-state index contributed by atoms with van der Waals surface area (Å²) in [6, 6.07) is 4.20. The number of carbonyl (C=O) groups is 2. The molecule has 238 valence electrons. The Morgan fingerprint density at radius 1 is 1.05 bits per heavy atom. The number of alkyl halides is 6. The monoisotopic (exact) mass is 627 g/mol. The summed E-state index contributed by atoms with van der Waals surface area (Å²) in [7, 11) is 1.47. The smallest absolute Gasteiger partial charge is 0.416 e. The molecule has 3 heterocycles. The van der Waals surface area contributed by atoms with E-state index in [0.717, 1.165) is 16.7 Å². The predicted molar refractivity (Wildman–Crippen MR) is 145 cm³/mol. The molecule has 2 aliphatic heterocycles. The van der Waals surface area contributed by atoms with Gasteiger partial charge in [0.25, 0.3) is 0 Å². The van der Waals surface area contributed by atoms with Crippen LogP contribution in [0.3, 0.4) is 0 Å². The van der Waals surface area contributed by atoms with Crippen molar-refractivity contribution in [3.8, 4) is 0 Å². The normalized spacial score (nSPS) is 24.4. The minimum absolute atomic E-state index is 0.0379. The van der Waals surface area contributed by atoms with Crippen molar-refractivity contribution < 1.29 is 54.9 Å². The third-order valence-electron chi connectivity index (χ3n) is 8.52. The Morgan fingerprint density at radius 3 is 2.30 bits per heavy atom. The topological polar surface area (TPSA) is 89.2 Å². The van der Waals surface area contributed by atoms with Crippen molar-refractivity contribution in [3.63, 3.8) is 0 Å². The van der Waals surface area contributed by atoms with E-state index in [0.29, 0.717) is 47.8 Å². The number of rotatable bonds is 9. The zero-order valence-electron chi connectivity index (χ0n) is 23.9. The summed E-state index contributed by atoms with van der Waals surface area (Å²) < 4.78 is 98.4. The van der Waals surface area contributed by atoms with Gasteiger partial charge in [0.15, 0.2) is 0 Å². The fraction of sp³-hybridized carbons (Fsp3) is 0.484. The van der Waals surface area contributed by atoms with Gasteiger partial charge >= 0.3 is 12.4 Å². The zero-order valence-corrected chi connectivity index (χ0v) is 23.9. The van der Waals surface area contributed by atoms with Crippen molar-refractivity contribution in [1.82, 2.24) is 0 Å². The Bertz CT molecular complexity index is 1460. The number of fused-ring (bicyclic) bond motifs is 3. The van der Waals surface area contributed by atoms with E-state index < -0.39 is 64.8 Å². The standard InChI is InChI=1S/C31H31F6NO6/c1-3-16(8-21-5-6-22(13-39)44-21)4-7-25-26-17(14-42-2)9-23-27(24(26)15-43-25)29(41)38(28(23)40)20-11-18(30(32,33)34)10-19(12-20)31(35,36)37/h5-6,8,10-12,23-25,27,39H,3-4,7,9,13-15H2,1-2H3/b16-8+/t23-,24+,25-,27-/m1/s1. The van der Waals surface area contributed by atoms with Crippen molar-refractivity contribution >= 4 is 23.6 Å². The number of allylic oxidation sites excluding steroid dienone is 1. The van der Waals surface area contributed by atoms with Gasteiger partial charge < -0.3 is 19.0 Å². The number of carbonyl (C=O) groups excluding carboxylic acids is 2. The molecule has 1 N–H and O–H groups in total. The summed E-state index contributed by atoms with van der Waals surface area (Å²) in [5.74, 6) is -3.21. The Morgan fingerprint density at radius 2 is 1.73 bits per heavy atom. The highest BCUT2D eigenvalue weighted by atomic mass is 19.4. The molecular formula is C31H31F6NO6. The predicted octanol–water partition coefficient (Wildman–Crippen LogP) is 6.55. The maximum Gasteiger partial charge on any atom is 0.416 e. The molecule has 7 nitrogen and oxygen atoms in total. The Labute approximate surface area is 249 Å². The molecule has 13 heteroatoms. The average molecular weight is 628 g/mol. The lowest BCUT2D eigenvalue weighted by molar-refractivity contribution is -0.143. The number of aliphatic hydroxyl groups is 1. The SMILES string of the molecule is CC/C(=C\c1ccc(CO)o1)CC[C@H]1OC[C@H]2C1=C(COC)C[C@H]1C(=O)N(c3cc(C(F)(F)F)cc(C(F)(F)F)c3)C(=O)[C@H]12. The van der Waals surface area contributed by atoms with E-state index >= 15 is 0 Å². The van der Waals surface area contributed by atoms with Gasteiger partial charge in [-0.15, -0.1) is 0 Å². The Balaban J connectivity index is 1.43. The van der Waals surface area contributed by atoms with Gasteiger partial charge in [-0.2, -0.15) is 26.3 Å². The Kier molecular flexibility index (Phi) is 8.85. The lowest BCUT2D eigenvalue weighted by Crippen LogP contribution is -2.35. The van der Waals surface area contributed by atoms with E-state index in [2.05, 4.69) is 0 Å². The number of halogens is 6. The molecule has 1 aromatic heterocycles. The van der Waals surface area contributed by atoms with Gasteiger partial charge in [0.05, 0.1) is 48.0 Å². The molecule has 2 saturated heterocycles. The number of hydrogen-bond acceptors (Lipinski definition) is 6. The molecule has 3 aliphatic rings. The maximum absolute atomic E-state index is 13.7. The number of ether oxygens (including phenoxy) is 2. The summed E-state index contributed by atoms with van der Waals surface area (Å²) in [6.07, 6.45) is -6.90. The van der Waals surface area contributed by atoms with Crippen LogP contribution < -0.4 is 4.90 Å². The maximum atomic E-state index is 13.7. The Hall–Kier alpha value is -3.42. The molecule has 44 heavy (non-hydrogen) atoms. The van der Waals surface area contributed by atoms with Gasteiger partial charge in [0.2, 0.25) is 11.8 Å². The summed E-state index contributed by atoms with van der Waals surface area (Å²) in [4.78, 5) is 27.7. The van der Waals surface area contributed by atoms with Crippen LogP contribution in [0.15, 0.2) is 51.5 Å². The molecule has 0 unspecified atom stereocenters. The van der Waals surface area contributed by atoms with Crippen molar-refractivity contribution in [2.75, 3.05) is 25.2 Å². The third kappa shape index (κ3) is 6.09.